The van der Waals surface area contributed by atoms with E-state index in [4.69, 9.17) is 9.68 Å². The summed E-state index contributed by atoms with van der Waals surface area (Å²) in [4.78, 5) is 32.7. The van der Waals surface area contributed by atoms with Gasteiger partial charge in [0.05, 0.1) is 6.54 Å². The van der Waals surface area contributed by atoms with Gasteiger partial charge in [0.2, 0.25) is 0 Å². The molecule has 0 aromatic carbocycles. The molecular weight excluding hydrogens is 317 g/mol. The average Bonchev–Trinajstić information content (AvgIpc) is 2.55. The van der Waals surface area contributed by atoms with Crippen molar-refractivity contribution in [1.29, 1.82) is 0 Å². The first-order valence-corrected chi connectivity index (χ1v) is 9.33. The first-order chi connectivity index (χ1) is 11.1. The molecule has 0 saturated carbocycles. The predicted octanol–water partition coefficient (Wildman–Crippen LogP) is 4.56. The fraction of sp³-hybridized carbons (Fsp3) is 0.889. The first kappa shape index (κ1) is 26.1. The Balaban J connectivity index is 0. The fourth-order valence-corrected chi connectivity index (χ4v) is 2.19. The van der Waals surface area contributed by atoms with Crippen LogP contribution >= 0.6 is 0 Å². The number of nitrogens with zero attached hydrogens (tertiary/aromatic N) is 1. The zero-order chi connectivity index (χ0) is 17.3. The largest absolute Gasteiger partial charge is 0.333 e. The molecule has 6 heteroatoms. The molecular formula is C18H35NNaO4. The second-order valence-electron chi connectivity index (χ2n) is 5.87. The zero-order valence-corrected chi connectivity index (χ0v) is 18.3. The minimum Gasteiger partial charge on any atom is -0.333 e. The molecule has 0 aliphatic heterocycles. The van der Waals surface area contributed by atoms with Crippen LogP contribution in [-0.2, 0) is 19.3 Å². The summed E-state index contributed by atoms with van der Waals surface area (Å²) in [5.74, 6) is -0.776. The van der Waals surface area contributed by atoms with Gasteiger partial charge in [-0.15, -0.1) is 0 Å². The van der Waals surface area contributed by atoms with Crippen LogP contribution in [0.3, 0.4) is 0 Å². The predicted molar refractivity (Wildman–Crippen MR) is 97.1 cm³/mol. The number of hydrogen-bond donors (Lipinski definition) is 0. The fourth-order valence-electron chi connectivity index (χ4n) is 2.19. The van der Waals surface area contributed by atoms with Crippen LogP contribution in [0.1, 0.15) is 97.8 Å². The Kier molecular flexibility index (Phi) is 20.9. The van der Waals surface area contributed by atoms with Crippen molar-refractivity contribution in [2.75, 3.05) is 6.54 Å². The second kappa shape index (κ2) is 19.2. The van der Waals surface area contributed by atoms with E-state index in [-0.39, 0.29) is 54.3 Å². The summed E-state index contributed by atoms with van der Waals surface area (Å²) in [5.41, 5.74) is 0. The summed E-state index contributed by atoms with van der Waals surface area (Å²) in [6.07, 6.45) is 12.8. The van der Waals surface area contributed by atoms with E-state index in [1.54, 1.807) is 13.8 Å². The molecule has 0 aromatic rings. The van der Waals surface area contributed by atoms with E-state index in [1.807, 2.05) is 0 Å². The topological polar surface area (TPSA) is 55.8 Å². The summed E-state index contributed by atoms with van der Waals surface area (Å²) in [6, 6.07) is 0. The maximum atomic E-state index is 11.3. The summed E-state index contributed by atoms with van der Waals surface area (Å²) in [5, 5.41) is 1.04. The zero-order valence-electron chi connectivity index (χ0n) is 16.3. The van der Waals surface area contributed by atoms with Crippen LogP contribution in [0.25, 0.3) is 0 Å². The van der Waals surface area contributed by atoms with Crippen LogP contribution in [0.5, 0.6) is 0 Å². The molecule has 0 amide bonds. The van der Waals surface area contributed by atoms with E-state index >= 15 is 0 Å². The normalized spacial score (nSPS) is 10.3. The van der Waals surface area contributed by atoms with E-state index < -0.39 is 0 Å². The van der Waals surface area contributed by atoms with Gasteiger partial charge in [0.1, 0.15) is 0 Å². The Labute approximate surface area is 170 Å². The number of hydroxylamine groups is 2. The molecule has 0 spiro atoms. The Morgan fingerprint density at radius 2 is 1.04 bits per heavy atom. The Hall–Kier alpha value is -0.100. The second-order valence-corrected chi connectivity index (χ2v) is 5.87. The first-order valence-electron chi connectivity index (χ1n) is 9.33. The van der Waals surface area contributed by atoms with Gasteiger partial charge in [0.15, 0.2) is 0 Å². The van der Waals surface area contributed by atoms with Crippen LogP contribution in [0.4, 0.5) is 0 Å². The summed E-state index contributed by atoms with van der Waals surface area (Å²) >= 11 is 0. The molecule has 0 atom stereocenters. The van der Waals surface area contributed by atoms with Crippen LogP contribution < -0.4 is 0 Å². The van der Waals surface area contributed by atoms with Crippen molar-refractivity contribution in [2.24, 2.45) is 0 Å². The third kappa shape index (κ3) is 16.7. The van der Waals surface area contributed by atoms with Crippen molar-refractivity contribution in [1.82, 2.24) is 5.23 Å². The molecule has 5 nitrogen and oxygen atoms in total. The summed E-state index contributed by atoms with van der Waals surface area (Å²) in [6.45, 7) is 6.10. The minimum atomic E-state index is -0.388. The quantitative estimate of drug-likeness (QED) is 0.246. The number of unbranched alkanes of at least 4 members (excludes halogenated alkanes) is 9. The van der Waals surface area contributed by atoms with E-state index in [1.165, 1.54) is 51.4 Å². The summed E-state index contributed by atoms with van der Waals surface area (Å²) in [7, 11) is 0. The Morgan fingerprint density at radius 3 is 1.42 bits per heavy atom. The molecule has 0 fully saturated rings. The van der Waals surface area contributed by atoms with Gasteiger partial charge in [-0.05, 0) is 6.42 Å². The van der Waals surface area contributed by atoms with Crippen molar-refractivity contribution in [3.8, 4) is 0 Å². The molecule has 0 bridgehead atoms. The molecule has 0 aliphatic carbocycles. The molecule has 0 rings (SSSR count). The van der Waals surface area contributed by atoms with Gasteiger partial charge < -0.3 is 9.68 Å². The van der Waals surface area contributed by atoms with Gasteiger partial charge in [-0.25, -0.2) is 0 Å². The smallest absolute Gasteiger partial charge is 0.328 e. The van der Waals surface area contributed by atoms with Gasteiger partial charge >= 0.3 is 11.9 Å². The number of carbonyl (C=O) groups excluding carboxylic acids is 2. The minimum absolute atomic E-state index is 0. The number of hydrogen-bond acceptors (Lipinski definition) is 5. The maximum Gasteiger partial charge on any atom is 0.328 e. The number of carbonyl (C=O) groups is 2. The molecule has 137 valence electrons. The molecule has 24 heavy (non-hydrogen) atoms. The summed E-state index contributed by atoms with van der Waals surface area (Å²) < 4.78 is 0. The van der Waals surface area contributed by atoms with Crippen molar-refractivity contribution < 1.29 is 19.3 Å². The van der Waals surface area contributed by atoms with Gasteiger partial charge in [-0.2, -0.15) is 0 Å². The maximum absolute atomic E-state index is 11.3. The molecule has 0 aliphatic rings. The molecule has 0 unspecified atom stereocenters. The molecule has 0 aromatic heterocycles. The van der Waals surface area contributed by atoms with Crippen molar-refractivity contribution in [2.45, 2.75) is 97.8 Å². The third-order valence-electron chi connectivity index (χ3n) is 3.68. The molecule has 0 heterocycles. The van der Waals surface area contributed by atoms with Crippen molar-refractivity contribution in [3.63, 3.8) is 0 Å². The van der Waals surface area contributed by atoms with Crippen LogP contribution in [0, 0.1) is 0 Å². The third-order valence-corrected chi connectivity index (χ3v) is 3.68. The van der Waals surface area contributed by atoms with Crippen LogP contribution in [-0.4, -0.2) is 53.3 Å². The van der Waals surface area contributed by atoms with Crippen LogP contribution in [0.15, 0.2) is 0 Å². The van der Waals surface area contributed by atoms with E-state index in [2.05, 4.69) is 6.92 Å². The van der Waals surface area contributed by atoms with Gasteiger partial charge in [0.25, 0.3) is 0 Å². The van der Waals surface area contributed by atoms with Gasteiger partial charge in [-0.1, -0.05) is 78.6 Å². The Morgan fingerprint density at radius 1 is 0.667 bits per heavy atom. The monoisotopic (exact) mass is 352 g/mol. The number of rotatable bonds is 15. The molecule has 1 radical (unpaired) electrons. The van der Waals surface area contributed by atoms with Gasteiger partial charge in [0, 0.05) is 47.6 Å². The SMILES string of the molecule is CCCCCCCCCCCCN(OC(=O)CC)OC(=O)CC.[Na]. The van der Waals surface area contributed by atoms with Crippen LogP contribution in [0.2, 0.25) is 0 Å². The van der Waals surface area contributed by atoms with E-state index in [9.17, 15) is 9.59 Å². The average molecular weight is 352 g/mol. The standard InChI is InChI=1S/C18H35NO4.Na/c1-4-7-8-9-10-11-12-13-14-15-16-19(22-17(20)5-2)23-18(21)6-3;/h4-16H2,1-3H3;. The van der Waals surface area contributed by atoms with Crippen molar-refractivity contribution >= 4 is 41.5 Å². The molecule has 0 N–H and O–H groups in total. The Bertz CT molecular complexity index is 295. The van der Waals surface area contributed by atoms with E-state index in [0.717, 1.165) is 18.1 Å². The molecule has 0 saturated heterocycles. The van der Waals surface area contributed by atoms with E-state index in [0.29, 0.717) is 6.54 Å². The van der Waals surface area contributed by atoms with Crippen molar-refractivity contribution in [3.05, 3.63) is 0 Å². The van der Waals surface area contributed by atoms with Gasteiger partial charge in [-0.3, -0.25) is 9.59 Å².